The minimum absolute atomic E-state index is 0.0162. The third-order valence-corrected chi connectivity index (χ3v) is 2.95. The van der Waals surface area contributed by atoms with E-state index in [4.69, 9.17) is 5.11 Å². The zero-order chi connectivity index (χ0) is 14.7. The van der Waals surface area contributed by atoms with Gasteiger partial charge in [-0.05, 0) is 20.3 Å². The highest BCUT2D eigenvalue weighted by molar-refractivity contribution is 5.86. The number of aromatic carboxylic acids is 1. The van der Waals surface area contributed by atoms with Crippen LogP contribution in [0.2, 0.25) is 0 Å². The molecule has 0 spiro atoms. The Hall–Kier alpha value is -2.25. The molecule has 0 fully saturated rings. The molecule has 0 aliphatic rings. The van der Waals surface area contributed by atoms with E-state index in [0.717, 1.165) is 12.2 Å². The van der Waals surface area contributed by atoms with E-state index < -0.39 is 5.97 Å². The van der Waals surface area contributed by atoms with Gasteiger partial charge in [0.1, 0.15) is 18.7 Å². The minimum Gasteiger partial charge on any atom is -0.476 e. The highest BCUT2D eigenvalue weighted by Crippen LogP contribution is 2.12. The van der Waals surface area contributed by atoms with Crippen molar-refractivity contribution in [3.05, 3.63) is 23.5 Å². The molecule has 0 aromatic carbocycles. The summed E-state index contributed by atoms with van der Waals surface area (Å²) in [6, 6.07) is 0.185. The van der Waals surface area contributed by atoms with Crippen LogP contribution in [0.25, 0.3) is 0 Å². The summed E-state index contributed by atoms with van der Waals surface area (Å²) >= 11 is 0. The van der Waals surface area contributed by atoms with Gasteiger partial charge in [-0.2, -0.15) is 5.10 Å². The van der Waals surface area contributed by atoms with E-state index in [9.17, 15) is 4.79 Å². The zero-order valence-electron chi connectivity index (χ0n) is 11.8. The first-order valence-corrected chi connectivity index (χ1v) is 6.58. The van der Waals surface area contributed by atoms with Crippen LogP contribution >= 0.6 is 0 Å². The number of carboxylic acids is 1. The van der Waals surface area contributed by atoms with E-state index in [2.05, 4.69) is 20.4 Å². The maximum atomic E-state index is 11.1. The van der Waals surface area contributed by atoms with Crippen molar-refractivity contribution < 1.29 is 9.90 Å². The second kappa shape index (κ2) is 5.81. The second-order valence-corrected chi connectivity index (χ2v) is 4.81. The first kappa shape index (κ1) is 14.2. The number of rotatable bonds is 6. The molecule has 0 radical (unpaired) electrons. The zero-order valence-corrected chi connectivity index (χ0v) is 11.8. The summed E-state index contributed by atoms with van der Waals surface area (Å²) in [4.78, 5) is 15.3. The summed E-state index contributed by atoms with van der Waals surface area (Å²) in [5.74, 6) is -0.316. The molecule has 8 nitrogen and oxygen atoms in total. The maximum Gasteiger partial charge on any atom is 0.358 e. The van der Waals surface area contributed by atoms with E-state index >= 15 is 0 Å². The highest BCUT2D eigenvalue weighted by atomic mass is 16.4. The van der Waals surface area contributed by atoms with E-state index in [-0.39, 0.29) is 11.7 Å². The van der Waals surface area contributed by atoms with E-state index in [1.54, 1.807) is 9.36 Å². The van der Waals surface area contributed by atoms with Gasteiger partial charge in [0.15, 0.2) is 5.69 Å². The van der Waals surface area contributed by atoms with E-state index in [1.807, 2.05) is 20.8 Å². The minimum atomic E-state index is -1.05. The van der Waals surface area contributed by atoms with Crippen LogP contribution in [0.4, 0.5) is 0 Å². The van der Waals surface area contributed by atoms with Crippen LogP contribution in [-0.4, -0.2) is 40.8 Å². The molecule has 108 valence electrons. The molecule has 20 heavy (non-hydrogen) atoms. The topological polar surface area (TPSA) is 98.7 Å². The number of nitrogens with zero attached hydrogens (tertiary/aromatic N) is 6. The van der Waals surface area contributed by atoms with Gasteiger partial charge in [-0.25, -0.2) is 19.1 Å². The molecule has 0 saturated carbocycles. The van der Waals surface area contributed by atoms with Gasteiger partial charge >= 0.3 is 5.97 Å². The smallest absolute Gasteiger partial charge is 0.358 e. The molecule has 0 aliphatic heterocycles. The Bertz CT molecular complexity index is 601. The maximum absolute atomic E-state index is 11.1. The fourth-order valence-corrected chi connectivity index (χ4v) is 2.06. The fourth-order valence-electron chi connectivity index (χ4n) is 2.06. The van der Waals surface area contributed by atoms with Gasteiger partial charge in [0.25, 0.3) is 0 Å². The van der Waals surface area contributed by atoms with Crippen molar-refractivity contribution in [1.82, 2.24) is 29.8 Å². The lowest BCUT2D eigenvalue weighted by atomic mass is 10.2. The van der Waals surface area contributed by atoms with Crippen molar-refractivity contribution in [3.8, 4) is 0 Å². The number of hydrogen-bond donors (Lipinski definition) is 1. The Morgan fingerprint density at radius 3 is 2.80 bits per heavy atom. The molecule has 0 bridgehead atoms. The van der Waals surface area contributed by atoms with Gasteiger partial charge in [0.05, 0.1) is 5.69 Å². The predicted octanol–water partition coefficient (Wildman–Crippen LogP) is 1.15. The quantitative estimate of drug-likeness (QED) is 0.851. The fraction of sp³-hybridized carbons (Fsp3) is 0.583. The summed E-state index contributed by atoms with van der Waals surface area (Å²) < 4.78 is 3.38. The Labute approximate surface area is 116 Å². The first-order valence-electron chi connectivity index (χ1n) is 6.58. The number of aromatic nitrogens is 6. The number of carboxylic acid groups (broad SMARTS) is 1. The van der Waals surface area contributed by atoms with Gasteiger partial charge in [-0.3, -0.25) is 0 Å². The van der Waals surface area contributed by atoms with Crippen LogP contribution in [0.1, 0.15) is 55.2 Å². The molecule has 2 aromatic rings. The molecule has 8 heteroatoms. The molecular weight excluding hydrogens is 260 g/mol. The molecular formula is C12H18N6O2. The molecule has 2 aromatic heterocycles. The first-order chi connectivity index (χ1) is 9.54. The average molecular weight is 278 g/mol. The average Bonchev–Trinajstić information content (AvgIpc) is 2.98. The van der Waals surface area contributed by atoms with Crippen molar-refractivity contribution in [3.63, 3.8) is 0 Å². The van der Waals surface area contributed by atoms with E-state index in [0.29, 0.717) is 18.7 Å². The molecule has 1 N–H and O–H groups in total. The molecule has 2 heterocycles. The summed E-state index contributed by atoms with van der Waals surface area (Å²) in [5.41, 5.74) is 0.640. The Kier molecular flexibility index (Phi) is 4.11. The predicted molar refractivity (Wildman–Crippen MR) is 70.5 cm³/mol. The van der Waals surface area contributed by atoms with Crippen molar-refractivity contribution in [2.75, 3.05) is 0 Å². The monoisotopic (exact) mass is 278 g/mol. The summed E-state index contributed by atoms with van der Waals surface area (Å²) in [5, 5.41) is 21.0. The second-order valence-electron chi connectivity index (χ2n) is 4.81. The van der Waals surface area contributed by atoms with Gasteiger partial charge in [0, 0.05) is 6.04 Å². The Morgan fingerprint density at radius 2 is 2.20 bits per heavy atom. The lowest BCUT2D eigenvalue weighted by molar-refractivity contribution is 0.0689. The summed E-state index contributed by atoms with van der Waals surface area (Å²) in [7, 11) is 0. The van der Waals surface area contributed by atoms with Crippen LogP contribution < -0.4 is 0 Å². The summed E-state index contributed by atoms with van der Waals surface area (Å²) in [6.45, 7) is 6.37. The Balaban J connectivity index is 2.33. The molecule has 2 rings (SSSR count). The molecule has 0 unspecified atom stereocenters. The molecule has 0 atom stereocenters. The van der Waals surface area contributed by atoms with Crippen LogP contribution in [0.3, 0.4) is 0 Å². The number of hydrogen-bond acceptors (Lipinski definition) is 5. The molecule has 0 saturated heterocycles. The lowest BCUT2D eigenvalue weighted by Gasteiger charge is -2.10. The van der Waals surface area contributed by atoms with Gasteiger partial charge in [-0.15, -0.1) is 5.10 Å². The van der Waals surface area contributed by atoms with Gasteiger partial charge in [-0.1, -0.05) is 18.6 Å². The van der Waals surface area contributed by atoms with Crippen molar-refractivity contribution >= 4 is 5.97 Å². The normalized spacial score (nSPS) is 11.2. The largest absolute Gasteiger partial charge is 0.476 e. The highest BCUT2D eigenvalue weighted by Gasteiger charge is 2.19. The standard InChI is InChI=1S/C12H18N6O2/c1-4-5-9-11(12(19)20)15-16-17(9)6-10-13-7-14-18(10)8(2)3/h7-8H,4-6H2,1-3H3,(H,19,20). The SMILES string of the molecule is CCCc1c(C(=O)O)nnn1Cc1ncnn1C(C)C. The van der Waals surface area contributed by atoms with Gasteiger partial charge < -0.3 is 5.11 Å². The van der Waals surface area contributed by atoms with Crippen LogP contribution in [0.5, 0.6) is 0 Å². The molecule has 0 aliphatic carbocycles. The van der Waals surface area contributed by atoms with Crippen molar-refractivity contribution in [2.24, 2.45) is 0 Å². The van der Waals surface area contributed by atoms with Crippen LogP contribution in [-0.2, 0) is 13.0 Å². The van der Waals surface area contributed by atoms with E-state index in [1.165, 1.54) is 6.33 Å². The summed E-state index contributed by atoms with van der Waals surface area (Å²) in [6.07, 6.45) is 2.93. The third kappa shape index (κ3) is 2.68. The number of carbonyl (C=O) groups is 1. The molecule has 0 amide bonds. The Morgan fingerprint density at radius 1 is 1.45 bits per heavy atom. The lowest BCUT2D eigenvalue weighted by Crippen LogP contribution is -2.15. The van der Waals surface area contributed by atoms with Crippen molar-refractivity contribution in [1.29, 1.82) is 0 Å². The van der Waals surface area contributed by atoms with Gasteiger partial charge in [0.2, 0.25) is 0 Å². The van der Waals surface area contributed by atoms with Crippen LogP contribution in [0.15, 0.2) is 6.33 Å². The third-order valence-electron chi connectivity index (χ3n) is 2.95. The van der Waals surface area contributed by atoms with Crippen molar-refractivity contribution in [2.45, 2.75) is 46.2 Å². The van der Waals surface area contributed by atoms with Crippen LogP contribution in [0, 0.1) is 0 Å².